The van der Waals surface area contributed by atoms with E-state index in [4.69, 9.17) is 18.9 Å². The van der Waals surface area contributed by atoms with Crippen LogP contribution in [0.5, 0.6) is 34.5 Å². The third-order valence-corrected chi connectivity index (χ3v) is 10.9. The van der Waals surface area contributed by atoms with E-state index in [2.05, 4.69) is 9.80 Å². The first kappa shape index (κ1) is 28.2. The van der Waals surface area contributed by atoms with Crippen LogP contribution in [-0.2, 0) is 17.7 Å². The Morgan fingerprint density at radius 1 is 0.545 bits per heavy atom. The van der Waals surface area contributed by atoms with Crippen LogP contribution in [0.1, 0.15) is 11.1 Å². The summed E-state index contributed by atoms with van der Waals surface area (Å²) >= 11 is 0. The first-order valence-corrected chi connectivity index (χ1v) is 16.3. The molecule has 2 aliphatic heterocycles. The van der Waals surface area contributed by atoms with Crippen molar-refractivity contribution in [3.05, 3.63) is 126 Å². The van der Waals surface area contributed by atoms with Crippen molar-refractivity contribution in [2.75, 3.05) is 27.6 Å². The third kappa shape index (κ3) is 5.70. The van der Waals surface area contributed by atoms with Crippen LogP contribution < -0.4 is 34.9 Å². The molecule has 5 aromatic rings. The van der Waals surface area contributed by atoms with Gasteiger partial charge in [0.1, 0.15) is 48.0 Å². The van der Waals surface area contributed by atoms with Crippen molar-refractivity contribution in [1.82, 2.24) is 9.80 Å². The first-order chi connectivity index (χ1) is 21.4. The summed E-state index contributed by atoms with van der Waals surface area (Å²) in [5.41, 5.74) is 2.17. The fraction of sp³-hybridized carbons (Fsp3) is 0.167. The van der Waals surface area contributed by atoms with Gasteiger partial charge in [0.05, 0.1) is 0 Å². The Kier molecular flexibility index (Phi) is 7.61. The van der Waals surface area contributed by atoms with Gasteiger partial charge in [-0.3, -0.25) is 9.80 Å². The highest BCUT2D eigenvalue weighted by atomic mass is 31.2. The van der Waals surface area contributed by atoms with Crippen LogP contribution in [0.25, 0.3) is 0 Å². The first-order valence-electron chi connectivity index (χ1n) is 14.6. The van der Waals surface area contributed by atoms with E-state index in [9.17, 15) is 0 Å². The molecule has 7 nitrogen and oxygen atoms in total. The molecule has 0 aromatic heterocycles. The van der Waals surface area contributed by atoms with Crippen LogP contribution in [0, 0.1) is 0 Å². The van der Waals surface area contributed by atoms with Gasteiger partial charge in [0.2, 0.25) is 0 Å². The molecule has 7 rings (SSSR count). The lowest BCUT2D eigenvalue weighted by atomic mass is 10.1. The highest BCUT2D eigenvalue weighted by molar-refractivity contribution is 7.85. The molecule has 0 fully saturated rings. The Balaban J connectivity index is 1.14. The van der Waals surface area contributed by atoms with Gasteiger partial charge in [0.15, 0.2) is 7.14 Å². The lowest BCUT2D eigenvalue weighted by molar-refractivity contribution is 0.121. The standard InChI is InChI=1S/C36H33N2O5P/c1-37-22-26-20-30(12-18-35(26)40-24-37)42-28-8-14-33(15-9-28)44(39,32-6-4-3-5-7-32)34-16-10-29(11-17-34)43-31-13-19-36-27(21-31)23-38(2)25-41-36/h3-21H,22-25H2,1-2H3. The molecular weight excluding hydrogens is 571 g/mol. The maximum atomic E-state index is 15.0. The molecular formula is C36H33N2O5P. The Labute approximate surface area is 257 Å². The maximum absolute atomic E-state index is 15.0. The second-order valence-corrected chi connectivity index (χ2v) is 14.0. The molecule has 0 atom stereocenters. The van der Waals surface area contributed by atoms with Crippen molar-refractivity contribution >= 4 is 23.1 Å². The Bertz CT molecular complexity index is 1710. The lowest BCUT2D eigenvalue weighted by Gasteiger charge is -2.25. The molecule has 0 bridgehead atoms. The van der Waals surface area contributed by atoms with Crippen LogP contribution in [0.15, 0.2) is 115 Å². The molecule has 5 aromatic carbocycles. The van der Waals surface area contributed by atoms with E-state index in [0.29, 0.717) is 25.0 Å². The number of hydrogen-bond acceptors (Lipinski definition) is 7. The zero-order valence-corrected chi connectivity index (χ0v) is 25.6. The van der Waals surface area contributed by atoms with E-state index in [1.54, 1.807) is 0 Å². The molecule has 0 spiro atoms. The Morgan fingerprint density at radius 3 is 1.41 bits per heavy atom. The van der Waals surface area contributed by atoms with E-state index >= 15 is 4.57 Å². The molecule has 0 saturated carbocycles. The molecule has 0 radical (unpaired) electrons. The molecule has 0 saturated heterocycles. The molecule has 8 heteroatoms. The SMILES string of the molecule is CN1COc2ccc(Oc3ccc(P(=O)(c4ccccc4)c4ccc(Oc5ccc6c(c5)CN(C)CO6)cc4)cc3)cc2C1. The molecule has 44 heavy (non-hydrogen) atoms. The van der Waals surface area contributed by atoms with Gasteiger partial charge in [-0.25, -0.2) is 0 Å². The summed E-state index contributed by atoms with van der Waals surface area (Å²) in [6.45, 7) is 2.76. The summed E-state index contributed by atoms with van der Waals surface area (Å²) in [6.07, 6.45) is 0. The average molecular weight is 605 g/mol. The van der Waals surface area contributed by atoms with Gasteiger partial charge in [-0.05, 0) is 99.0 Å². The summed E-state index contributed by atoms with van der Waals surface area (Å²) < 4.78 is 38.9. The number of benzene rings is 5. The van der Waals surface area contributed by atoms with Crippen LogP contribution in [0.2, 0.25) is 0 Å². The number of fused-ring (bicyclic) bond motifs is 2. The summed E-state index contributed by atoms with van der Waals surface area (Å²) in [5, 5.41) is 2.22. The van der Waals surface area contributed by atoms with Crippen molar-refractivity contribution in [2.45, 2.75) is 13.1 Å². The van der Waals surface area contributed by atoms with Gasteiger partial charge in [0.25, 0.3) is 0 Å². The number of hydrogen-bond donors (Lipinski definition) is 0. The van der Waals surface area contributed by atoms with E-state index in [0.717, 1.165) is 63.1 Å². The summed E-state index contributed by atoms with van der Waals surface area (Å²) in [7, 11) is 0.855. The Hall–Kier alpha value is -4.55. The highest BCUT2D eigenvalue weighted by Crippen LogP contribution is 2.43. The number of nitrogens with zero attached hydrogens (tertiary/aromatic N) is 2. The van der Waals surface area contributed by atoms with Gasteiger partial charge in [-0.15, -0.1) is 0 Å². The number of rotatable bonds is 7. The molecule has 0 unspecified atom stereocenters. The van der Waals surface area contributed by atoms with Gasteiger partial charge in [-0.1, -0.05) is 30.3 Å². The second-order valence-electron chi connectivity index (χ2n) is 11.3. The van der Waals surface area contributed by atoms with Crippen LogP contribution >= 0.6 is 7.14 Å². The summed E-state index contributed by atoms with van der Waals surface area (Å²) in [4.78, 5) is 4.20. The zero-order valence-electron chi connectivity index (χ0n) is 24.7. The van der Waals surface area contributed by atoms with Gasteiger partial charge < -0.3 is 23.5 Å². The average Bonchev–Trinajstić information content (AvgIpc) is 3.05. The third-order valence-electron chi connectivity index (χ3n) is 7.82. The minimum atomic E-state index is -3.18. The van der Waals surface area contributed by atoms with Gasteiger partial charge in [-0.2, -0.15) is 0 Å². The largest absolute Gasteiger partial charge is 0.478 e. The Morgan fingerprint density at radius 2 is 0.955 bits per heavy atom. The molecule has 0 amide bonds. The summed E-state index contributed by atoms with van der Waals surface area (Å²) in [5.74, 6) is 4.58. The predicted octanol–water partition coefficient (Wildman–Crippen LogP) is 6.47. The van der Waals surface area contributed by atoms with Crippen molar-refractivity contribution in [3.63, 3.8) is 0 Å². The van der Waals surface area contributed by atoms with E-state index < -0.39 is 7.14 Å². The maximum Gasteiger partial charge on any atom is 0.171 e. The molecule has 2 aliphatic rings. The normalized spacial score (nSPS) is 15.0. The van der Waals surface area contributed by atoms with Crippen molar-refractivity contribution in [1.29, 1.82) is 0 Å². The molecule has 2 heterocycles. The van der Waals surface area contributed by atoms with E-state index in [1.165, 1.54) is 0 Å². The summed E-state index contributed by atoms with van der Waals surface area (Å²) in [6, 6.07) is 36.5. The van der Waals surface area contributed by atoms with Crippen molar-refractivity contribution in [3.8, 4) is 34.5 Å². The van der Waals surface area contributed by atoms with E-state index in [1.807, 2.05) is 129 Å². The molecule has 0 aliphatic carbocycles. The topological polar surface area (TPSA) is 60.5 Å². The molecule has 0 N–H and O–H groups in total. The second kappa shape index (κ2) is 11.9. The fourth-order valence-electron chi connectivity index (χ4n) is 5.61. The van der Waals surface area contributed by atoms with Crippen molar-refractivity contribution in [2.24, 2.45) is 0 Å². The number of ether oxygens (including phenoxy) is 4. The van der Waals surface area contributed by atoms with Crippen LogP contribution in [0.4, 0.5) is 0 Å². The van der Waals surface area contributed by atoms with Gasteiger partial charge in [0, 0.05) is 40.1 Å². The van der Waals surface area contributed by atoms with Crippen molar-refractivity contribution < 1.29 is 23.5 Å². The lowest BCUT2D eigenvalue weighted by Crippen LogP contribution is -2.27. The quantitative estimate of drug-likeness (QED) is 0.197. The fourth-order valence-corrected chi connectivity index (χ4v) is 8.23. The monoisotopic (exact) mass is 604 g/mol. The smallest absolute Gasteiger partial charge is 0.171 e. The molecule has 222 valence electrons. The predicted molar refractivity (Wildman–Crippen MR) is 173 cm³/mol. The highest BCUT2D eigenvalue weighted by Gasteiger charge is 2.30. The van der Waals surface area contributed by atoms with E-state index in [-0.39, 0.29) is 0 Å². The van der Waals surface area contributed by atoms with Crippen LogP contribution in [-0.4, -0.2) is 37.4 Å². The van der Waals surface area contributed by atoms with Gasteiger partial charge >= 0.3 is 0 Å². The minimum Gasteiger partial charge on any atom is -0.478 e. The van der Waals surface area contributed by atoms with Crippen LogP contribution in [0.3, 0.4) is 0 Å². The minimum absolute atomic E-state index is 0.578. The zero-order chi connectivity index (χ0) is 30.1.